The van der Waals surface area contributed by atoms with Crippen LogP contribution in [0.2, 0.25) is 0 Å². The molecule has 10 heavy (non-hydrogen) atoms. The highest BCUT2D eigenvalue weighted by Crippen LogP contribution is 1.87. The van der Waals surface area contributed by atoms with Crippen molar-refractivity contribution in [2.45, 2.75) is 6.92 Å². The Hall–Kier alpha value is -0.610. The summed E-state index contributed by atoms with van der Waals surface area (Å²) >= 11 is 0. The smallest absolute Gasteiger partial charge is 0.208 e. The van der Waals surface area contributed by atoms with Gasteiger partial charge in [-0.05, 0) is 6.92 Å². The first-order valence-electron chi connectivity index (χ1n) is 2.74. The van der Waals surface area contributed by atoms with Gasteiger partial charge in [0.15, 0.2) is 0 Å². The molecule has 0 bridgehead atoms. The van der Waals surface area contributed by atoms with Crippen molar-refractivity contribution in [1.82, 2.24) is 4.72 Å². The van der Waals surface area contributed by atoms with E-state index in [1.165, 1.54) is 0 Å². The highest BCUT2D eigenvalue weighted by molar-refractivity contribution is 7.92. The van der Waals surface area contributed by atoms with Crippen molar-refractivity contribution in [2.24, 2.45) is 0 Å². The summed E-state index contributed by atoms with van der Waals surface area (Å²) < 4.78 is 23.5. The summed E-state index contributed by atoms with van der Waals surface area (Å²) in [5, 5.41) is 0.871. The molecule has 0 rings (SSSR count). The lowest BCUT2D eigenvalue weighted by atomic mass is 10.4. The van der Waals surface area contributed by atoms with Gasteiger partial charge >= 0.3 is 0 Å². The molecule has 0 aromatic rings. The lowest BCUT2D eigenvalue weighted by Crippen LogP contribution is -2.22. The van der Waals surface area contributed by atoms with Crippen molar-refractivity contribution in [2.75, 3.05) is 6.54 Å². The van der Waals surface area contributed by atoms with Crippen LogP contribution >= 0.6 is 0 Å². The summed E-state index contributed by atoms with van der Waals surface area (Å²) in [5.41, 5.74) is 0.769. The van der Waals surface area contributed by atoms with Gasteiger partial charge in [0, 0.05) is 12.0 Å². The summed E-state index contributed by atoms with van der Waals surface area (Å²) in [6, 6.07) is 0. The van der Waals surface area contributed by atoms with Crippen LogP contribution in [0.5, 0.6) is 0 Å². The number of hydrogen-bond acceptors (Lipinski definition) is 2. The molecule has 0 amide bonds. The maximum Gasteiger partial charge on any atom is 0.233 e. The van der Waals surface area contributed by atoms with E-state index in [4.69, 9.17) is 0 Å². The summed E-state index contributed by atoms with van der Waals surface area (Å²) in [7, 11) is -3.26. The average Bonchev–Trinajstić information content (AvgIpc) is 1.85. The maximum atomic E-state index is 10.6. The molecular weight excluding hydrogens is 150 g/mol. The molecule has 0 aromatic carbocycles. The normalized spacial score (nSPS) is 10.9. The van der Waals surface area contributed by atoms with Crippen LogP contribution in [-0.4, -0.2) is 15.0 Å². The minimum Gasteiger partial charge on any atom is -0.208 e. The van der Waals surface area contributed by atoms with Gasteiger partial charge in [-0.25, -0.2) is 13.1 Å². The zero-order valence-corrected chi connectivity index (χ0v) is 6.74. The van der Waals surface area contributed by atoms with Crippen LogP contribution in [0, 0.1) is 0 Å². The van der Waals surface area contributed by atoms with Crippen molar-refractivity contribution in [3.63, 3.8) is 0 Å². The van der Waals surface area contributed by atoms with Gasteiger partial charge < -0.3 is 0 Å². The van der Waals surface area contributed by atoms with Crippen molar-refractivity contribution in [3.05, 3.63) is 24.1 Å². The van der Waals surface area contributed by atoms with E-state index in [9.17, 15) is 8.42 Å². The van der Waals surface area contributed by atoms with Gasteiger partial charge in [-0.3, -0.25) is 0 Å². The zero-order valence-electron chi connectivity index (χ0n) is 5.92. The lowest BCUT2D eigenvalue weighted by Gasteiger charge is -1.99. The fourth-order valence-corrected chi connectivity index (χ4v) is 0.848. The molecule has 0 spiro atoms. The van der Waals surface area contributed by atoms with Gasteiger partial charge in [-0.15, -0.1) is 0 Å². The molecule has 0 unspecified atom stereocenters. The van der Waals surface area contributed by atoms with E-state index in [0.717, 1.165) is 11.0 Å². The molecule has 0 aliphatic carbocycles. The first-order chi connectivity index (χ1) is 4.48. The average molecular weight is 161 g/mol. The molecule has 0 saturated carbocycles. The van der Waals surface area contributed by atoms with Crippen molar-refractivity contribution >= 4 is 10.0 Å². The third-order valence-electron chi connectivity index (χ3n) is 0.795. The lowest BCUT2D eigenvalue weighted by molar-refractivity contribution is 0.594. The Labute approximate surface area is 61.5 Å². The Bertz CT molecular complexity index is 228. The van der Waals surface area contributed by atoms with Crippen molar-refractivity contribution in [3.8, 4) is 0 Å². The predicted molar refractivity (Wildman–Crippen MR) is 41.9 cm³/mol. The van der Waals surface area contributed by atoms with E-state index < -0.39 is 10.0 Å². The van der Waals surface area contributed by atoms with Crippen LogP contribution in [0.15, 0.2) is 24.1 Å². The Morgan fingerprint density at radius 2 is 2.20 bits per heavy atom. The fourth-order valence-electron chi connectivity index (χ4n) is 0.283. The van der Waals surface area contributed by atoms with Gasteiger partial charge in [0.1, 0.15) is 0 Å². The summed E-state index contributed by atoms with van der Waals surface area (Å²) in [4.78, 5) is 0. The minimum absolute atomic E-state index is 0.272. The third kappa shape index (κ3) is 4.29. The summed E-state index contributed by atoms with van der Waals surface area (Å²) in [6.45, 7) is 8.68. The van der Waals surface area contributed by atoms with E-state index in [1.54, 1.807) is 6.92 Å². The zero-order chi connectivity index (χ0) is 8.20. The summed E-state index contributed by atoms with van der Waals surface area (Å²) in [5.74, 6) is 0. The number of rotatable bonds is 4. The molecule has 58 valence electrons. The Morgan fingerprint density at radius 1 is 1.70 bits per heavy atom. The molecule has 0 radical (unpaired) electrons. The highest BCUT2D eigenvalue weighted by Gasteiger charge is 2.00. The SMILES string of the molecule is C=CS(=O)(=O)NCC(=C)C. The molecular formula is C6H11NO2S. The standard InChI is InChI=1S/C6H11NO2S/c1-4-10(8,9)7-5-6(2)3/h4,7H,1-2,5H2,3H3. The summed E-state index contributed by atoms with van der Waals surface area (Å²) in [6.07, 6.45) is 0. The minimum atomic E-state index is -3.26. The molecule has 0 aliphatic heterocycles. The van der Waals surface area contributed by atoms with Crippen molar-refractivity contribution in [1.29, 1.82) is 0 Å². The van der Waals surface area contributed by atoms with Crippen LogP contribution in [0.3, 0.4) is 0 Å². The molecule has 0 atom stereocenters. The molecule has 0 aromatic heterocycles. The van der Waals surface area contributed by atoms with Crippen LogP contribution in [0.25, 0.3) is 0 Å². The van der Waals surface area contributed by atoms with E-state index in [-0.39, 0.29) is 6.54 Å². The number of hydrogen-bond donors (Lipinski definition) is 1. The highest BCUT2D eigenvalue weighted by atomic mass is 32.2. The van der Waals surface area contributed by atoms with E-state index in [1.807, 2.05) is 0 Å². The Balaban J connectivity index is 3.93. The Kier molecular flexibility index (Phi) is 3.32. The third-order valence-corrected chi connectivity index (χ3v) is 1.78. The molecule has 0 fully saturated rings. The van der Waals surface area contributed by atoms with Crippen LogP contribution in [0.1, 0.15) is 6.92 Å². The molecule has 0 saturated heterocycles. The topological polar surface area (TPSA) is 46.2 Å². The van der Waals surface area contributed by atoms with E-state index in [0.29, 0.717) is 0 Å². The maximum absolute atomic E-state index is 10.6. The van der Waals surface area contributed by atoms with Crippen LogP contribution in [-0.2, 0) is 10.0 Å². The van der Waals surface area contributed by atoms with E-state index in [2.05, 4.69) is 17.9 Å². The number of sulfonamides is 1. The first-order valence-corrected chi connectivity index (χ1v) is 4.29. The van der Waals surface area contributed by atoms with E-state index >= 15 is 0 Å². The van der Waals surface area contributed by atoms with Crippen LogP contribution < -0.4 is 4.72 Å². The second kappa shape index (κ2) is 3.53. The monoisotopic (exact) mass is 161 g/mol. The fraction of sp³-hybridized carbons (Fsp3) is 0.333. The first kappa shape index (κ1) is 9.39. The molecule has 1 N–H and O–H groups in total. The largest absolute Gasteiger partial charge is 0.233 e. The molecule has 4 heteroatoms. The van der Waals surface area contributed by atoms with Gasteiger partial charge in [-0.1, -0.05) is 18.7 Å². The molecule has 0 heterocycles. The Morgan fingerprint density at radius 3 is 2.50 bits per heavy atom. The van der Waals surface area contributed by atoms with Crippen LogP contribution in [0.4, 0.5) is 0 Å². The second-order valence-electron chi connectivity index (χ2n) is 1.99. The van der Waals surface area contributed by atoms with Crippen molar-refractivity contribution < 1.29 is 8.42 Å². The van der Waals surface area contributed by atoms with Gasteiger partial charge in [0.2, 0.25) is 10.0 Å². The van der Waals surface area contributed by atoms with Gasteiger partial charge in [-0.2, -0.15) is 0 Å². The molecule has 3 nitrogen and oxygen atoms in total. The number of nitrogens with one attached hydrogen (secondary N) is 1. The molecule has 0 aliphatic rings. The predicted octanol–water partition coefficient (Wildman–Crippen LogP) is 0.625. The quantitative estimate of drug-likeness (QED) is 0.614. The van der Waals surface area contributed by atoms with Gasteiger partial charge in [0.05, 0.1) is 0 Å². The van der Waals surface area contributed by atoms with Gasteiger partial charge in [0.25, 0.3) is 0 Å². The second-order valence-corrected chi connectivity index (χ2v) is 3.70.